The quantitative estimate of drug-likeness (QED) is 0.826. The van der Waals surface area contributed by atoms with Crippen LogP contribution < -0.4 is 5.32 Å². The molecule has 106 valence electrons. The van der Waals surface area contributed by atoms with E-state index in [0.29, 0.717) is 6.04 Å². The van der Waals surface area contributed by atoms with Crippen molar-refractivity contribution in [3.05, 3.63) is 0 Å². The summed E-state index contributed by atoms with van der Waals surface area (Å²) in [6, 6.07) is 1.46. The molecular formula is C16H32N2. The molecular weight excluding hydrogens is 220 g/mol. The Kier molecular flexibility index (Phi) is 5.50. The maximum atomic E-state index is 3.62. The van der Waals surface area contributed by atoms with E-state index in [1.807, 2.05) is 0 Å². The molecule has 2 aliphatic rings. The first-order valence-electron chi connectivity index (χ1n) is 8.16. The Labute approximate surface area is 114 Å². The van der Waals surface area contributed by atoms with Crippen molar-refractivity contribution in [1.82, 2.24) is 10.2 Å². The van der Waals surface area contributed by atoms with Crippen LogP contribution in [0.4, 0.5) is 0 Å². The second-order valence-electron chi connectivity index (χ2n) is 6.79. The van der Waals surface area contributed by atoms with Crippen LogP contribution in [0.3, 0.4) is 0 Å². The Morgan fingerprint density at radius 1 is 1.22 bits per heavy atom. The Morgan fingerprint density at radius 2 is 2.06 bits per heavy atom. The Balaban J connectivity index is 1.76. The molecule has 2 nitrogen and oxygen atoms in total. The normalized spacial score (nSPS) is 38.8. The zero-order valence-electron chi connectivity index (χ0n) is 12.6. The van der Waals surface area contributed by atoms with E-state index >= 15 is 0 Å². The predicted molar refractivity (Wildman–Crippen MR) is 78.9 cm³/mol. The number of hydrogen-bond acceptors (Lipinski definition) is 2. The fourth-order valence-corrected chi connectivity index (χ4v) is 3.88. The number of nitrogens with one attached hydrogen (secondary N) is 1. The molecule has 0 amide bonds. The van der Waals surface area contributed by atoms with Gasteiger partial charge in [-0.3, -0.25) is 4.90 Å². The molecule has 1 heterocycles. The van der Waals surface area contributed by atoms with Gasteiger partial charge in [0.2, 0.25) is 0 Å². The minimum atomic E-state index is 0.679. The lowest BCUT2D eigenvalue weighted by Crippen LogP contribution is -2.55. The molecule has 2 rings (SSSR count). The topological polar surface area (TPSA) is 15.3 Å². The summed E-state index contributed by atoms with van der Waals surface area (Å²) in [6.07, 6.45) is 8.65. The average Bonchev–Trinajstić information content (AvgIpc) is 2.37. The maximum Gasteiger partial charge on any atom is 0.0218 e. The summed E-state index contributed by atoms with van der Waals surface area (Å²) in [7, 11) is 0. The highest BCUT2D eigenvalue weighted by Crippen LogP contribution is 2.31. The summed E-state index contributed by atoms with van der Waals surface area (Å²) in [5, 5.41) is 3.62. The molecule has 1 saturated carbocycles. The van der Waals surface area contributed by atoms with E-state index in [1.54, 1.807) is 0 Å². The molecule has 0 aromatic carbocycles. The van der Waals surface area contributed by atoms with Crippen molar-refractivity contribution in [2.75, 3.05) is 19.6 Å². The molecule has 2 fully saturated rings. The summed E-state index contributed by atoms with van der Waals surface area (Å²) in [5.74, 6) is 1.99. The van der Waals surface area contributed by atoms with Crippen LogP contribution in [-0.2, 0) is 0 Å². The van der Waals surface area contributed by atoms with Gasteiger partial charge in [0.15, 0.2) is 0 Å². The first-order chi connectivity index (χ1) is 8.69. The molecule has 0 aromatic heterocycles. The van der Waals surface area contributed by atoms with Crippen molar-refractivity contribution in [3.8, 4) is 0 Å². The van der Waals surface area contributed by atoms with Crippen molar-refractivity contribution >= 4 is 0 Å². The summed E-state index contributed by atoms with van der Waals surface area (Å²) >= 11 is 0. The highest BCUT2D eigenvalue weighted by Gasteiger charge is 2.26. The van der Waals surface area contributed by atoms with E-state index in [9.17, 15) is 0 Å². The van der Waals surface area contributed by atoms with Crippen LogP contribution in [0.5, 0.6) is 0 Å². The van der Waals surface area contributed by atoms with Crippen LogP contribution >= 0.6 is 0 Å². The van der Waals surface area contributed by atoms with E-state index in [4.69, 9.17) is 0 Å². The van der Waals surface area contributed by atoms with E-state index in [1.165, 1.54) is 58.2 Å². The van der Waals surface area contributed by atoms with Gasteiger partial charge in [-0.1, -0.05) is 33.1 Å². The molecule has 1 aliphatic heterocycles. The van der Waals surface area contributed by atoms with Crippen LogP contribution in [-0.4, -0.2) is 36.6 Å². The van der Waals surface area contributed by atoms with Gasteiger partial charge in [0.25, 0.3) is 0 Å². The Morgan fingerprint density at radius 3 is 2.78 bits per heavy atom. The summed E-state index contributed by atoms with van der Waals surface area (Å²) in [5.41, 5.74) is 0. The van der Waals surface area contributed by atoms with Gasteiger partial charge < -0.3 is 5.32 Å². The van der Waals surface area contributed by atoms with Gasteiger partial charge in [0.05, 0.1) is 0 Å². The van der Waals surface area contributed by atoms with Gasteiger partial charge in [-0.25, -0.2) is 0 Å². The van der Waals surface area contributed by atoms with E-state index in [0.717, 1.165) is 17.9 Å². The number of rotatable bonds is 4. The summed E-state index contributed by atoms with van der Waals surface area (Å²) < 4.78 is 0. The number of piperazine rings is 1. The van der Waals surface area contributed by atoms with Gasteiger partial charge in [-0.2, -0.15) is 0 Å². The van der Waals surface area contributed by atoms with Gasteiger partial charge in [0.1, 0.15) is 0 Å². The van der Waals surface area contributed by atoms with Crippen molar-refractivity contribution < 1.29 is 0 Å². The molecule has 4 unspecified atom stereocenters. The second kappa shape index (κ2) is 6.91. The molecule has 1 aliphatic carbocycles. The lowest BCUT2D eigenvalue weighted by atomic mass is 9.80. The number of hydrogen-bond donors (Lipinski definition) is 1. The number of nitrogens with zero attached hydrogens (tertiary/aromatic N) is 1. The zero-order valence-corrected chi connectivity index (χ0v) is 12.6. The molecule has 18 heavy (non-hydrogen) atoms. The second-order valence-corrected chi connectivity index (χ2v) is 6.79. The third-order valence-corrected chi connectivity index (χ3v) is 5.07. The molecule has 0 spiro atoms. The molecule has 1 N–H and O–H groups in total. The fourth-order valence-electron chi connectivity index (χ4n) is 3.88. The van der Waals surface area contributed by atoms with Crippen LogP contribution in [0.15, 0.2) is 0 Å². The minimum absolute atomic E-state index is 0.679. The van der Waals surface area contributed by atoms with Gasteiger partial charge in [-0.05, 0) is 44.6 Å². The highest BCUT2D eigenvalue weighted by molar-refractivity contribution is 4.84. The molecule has 0 radical (unpaired) electrons. The van der Waals surface area contributed by atoms with Crippen molar-refractivity contribution in [2.45, 2.75) is 71.4 Å². The first-order valence-corrected chi connectivity index (χ1v) is 8.16. The van der Waals surface area contributed by atoms with E-state index in [-0.39, 0.29) is 0 Å². The zero-order chi connectivity index (χ0) is 13.0. The summed E-state index contributed by atoms with van der Waals surface area (Å²) in [6.45, 7) is 10.9. The van der Waals surface area contributed by atoms with E-state index < -0.39 is 0 Å². The van der Waals surface area contributed by atoms with Crippen molar-refractivity contribution in [2.24, 2.45) is 11.8 Å². The van der Waals surface area contributed by atoms with Gasteiger partial charge in [-0.15, -0.1) is 0 Å². The van der Waals surface area contributed by atoms with Crippen molar-refractivity contribution in [3.63, 3.8) is 0 Å². The van der Waals surface area contributed by atoms with Crippen LogP contribution in [0.25, 0.3) is 0 Å². The third-order valence-electron chi connectivity index (χ3n) is 5.07. The molecule has 4 atom stereocenters. The molecule has 1 saturated heterocycles. The monoisotopic (exact) mass is 252 g/mol. The van der Waals surface area contributed by atoms with Crippen molar-refractivity contribution in [1.29, 1.82) is 0 Å². The van der Waals surface area contributed by atoms with Gasteiger partial charge >= 0.3 is 0 Å². The molecule has 2 heteroatoms. The standard InChI is InChI=1S/C16H32N2/c1-4-16-11-17-14(3)12-18(16)9-8-15-7-5-6-13(2)10-15/h13-17H,4-12H2,1-3H3. The lowest BCUT2D eigenvalue weighted by Gasteiger charge is -2.40. The fraction of sp³-hybridized carbons (Fsp3) is 1.00. The first kappa shape index (κ1) is 14.3. The van der Waals surface area contributed by atoms with Gasteiger partial charge in [0, 0.05) is 25.2 Å². The highest BCUT2D eigenvalue weighted by atomic mass is 15.2. The SMILES string of the molecule is CCC1CNC(C)CN1CCC1CCCC(C)C1. The summed E-state index contributed by atoms with van der Waals surface area (Å²) in [4.78, 5) is 2.75. The molecule has 0 aromatic rings. The Bertz CT molecular complexity index is 241. The van der Waals surface area contributed by atoms with Crippen LogP contribution in [0.1, 0.15) is 59.3 Å². The maximum absolute atomic E-state index is 3.62. The third kappa shape index (κ3) is 3.96. The largest absolute Gasteiger partial charge is 0.311 e. The van der Waals surface area contributed by atoms with E-state index in [2.05, 4.69) is 31.0 Å². The Hall–Kier alpha value is -0.0800. The smallest absolute Gasteiger partial charge is 0.0218 e. The average molecular weight is 252 g/mol. The lowest BCUT2D eigenvalue weighted by molar-refractivity contribution is 0.116. The predicted octanol–water partition coefficient (Wildman–Crippen LogP) is 3.28. The molecule has 0 bridgehead atoms. The van der Waals surface area contributed by atoms with Crippen LogP contribution in [0, 0.1) is 11.8 Å². The van der Waals surface area contributed by atoms with Crippen LogP contribution in [0.2, 0.25) is 0 Å². The minimum Gasteiger partial charge on any atom is -0.311 e.